The number of pyridine rings is 1. The highest BCUT2D eigenvalue weighted by molar-refractivity contribution is 5.88. The van der Waals surface area contributed by atoms with Gasteiger partial charge < -0.3 is 15.4 Å². The predicted molar refractivity (Wildman–Crippen MR) is 72.0 cm³/mol. The molecular weight excluding hydrogens is 246 g/mol. The van der Waals surface area contributed by atoms with E-state index in [0.29, 0.717) is 18.1 Å². The standard InChI is InChI=1S/C13H19N3O3/c1-3-4-7-14-12(18)9-19-13-6-5-11(8-15-13)16-10(2)17/h5-6,8H,3-4,7,9H2,1-2H3,(H,14,18)(H,16,17). The van der Waals surface area contributed by atoms with Gasteiger partial charge in [-0.15, -0.1) is 0 Å². The second kappa shape index (κ2) is 8.07. The predicted octanol–water partition coefficient (Wildman–Crippen LogP) is 1.34. The Labute approximate surface area is 112 Å². The quantitative estimate of drug-likeness (QED) is 0.729. The average molecular weight is 265 g/mol. The fourth-order valence-electron chi connectivity index (χ4n) is 1.34. The molecule has 0 aliphatic heterocycles. The van der Waals surface area contributed by atoms with E-state index in [1.165, 1.54) is 13.1 Å². The van der Waals surface area contributed by atoms with Crippen LogP contribution in [0.2, 0.25) is 0 Å². The van der Waals surface area contributed by atoms with Crippen LogP contribution in [0, 0.1) is 0 Å². The van der Waals surface area contributed by atoms with Crippen LogP contribution in [0.5, 0.6) is 5.88 Å². The van der Waals surface area contributed by atoms with Crippen LogP contribution in [-0.4, -0.2) is 29.9 Å². The summed E-state index contributed by atoms with van der Waals surface area (Å²) in [5.41, 5.74) is 0.590. The summed E-state index contributed by atoms with van der Waals surface area (Å²) >= 11 is 0. The number of nitrogens with zero attached hydrogens (tertiary/aromatic N) is 1. The van der Waals surface area contributed by atoms with Crippen molar-refractivity contribution in [2.45, 2.75) is 26.7 Å². The van der Waals surface area contributed by atoms with Crippen molar-refractivity contribution in [1.82, 2.24) is 10.3 Å². The number of hydrogen-bond donors (Lipinski definition) is 2. The van der Waals surface area contributed by atoms with E-state index in [-0.39, 0.29) is 18.4 Å². The monoisotopic (exact) mass is 265 g/mol. The molecule has 0 fully saturated rings. The molecule has 0 aliphatic rings. The fraction of sp³-hybridized carbons (Fsp3) is 0.462. The molecule has 1 aromatic heterocycles. The molecule has 2 N–H and O–H groups in total. The Hall–Kier alpha value is -2.11. The minimum Gasteiger partial charge on any atom is -0.468 e. The van der Waals surface area contributed by atoms with Gasteiger partial charge in [0, 0.05) is 19.5 Å². The molecule has 0 saturated carbocycles. The first-order valence-electron chi connectivity index (χ1n) is 6.25. The molecule has 0 spiro atoms. The number of amides is 2. The van der Waals surface area contributed by atoms with Crippen LogP contribution in [0.1, 0.15) is 26.7 Å². The lowest BCUT2D eigenvalue weighted by molar-refractivity contribution is -0.123. The summed E-state index contributed by atoms with van der Waals surface area (Å²) < 4.78 is 5.22. The maximum absolute atomic E-state index is 11.4. The van der Waals surface area contributed by atoms with E-state index in [0.717, 1.165) is 12.8 Å². The van der Waals surface area contributed by atoms with E-state index in [9.17, 15) is 9.59 Å². The number of carbonyl (C=O) groups excluding carboxylic acids is 2. The molecule has 6 nitrogen and oxygen atoms in total. The van der Waals surface area contributed by atoms with E-state index < -0.39 is 0 Å². The third kappa shape index (κ3) is 6.40. The summed E-state index contributed by atoms with van der Waals surface area (Å²) in [4.78, 5) is 26.2. The molecule has 0 bridgehead atoms. The summed E-state index contributed by atoms with van der Waals surface area (Å²) in [5.74, 6) is 0.0201. The Morgan fingerprint density at radius 3 is 2.74 bits per heavy atom. The van der Waals surface area contributed by atoms with Gasteiger partial charge in [0.2, 0.25) is 11.8 Å². The summed E-state index contributed by atoms with van der Waals surface area (Å²) in [5, 5.41) is 5.34. The molecule has 0 atom stereocenters. The SMILES string of the molecule is CCCCNC(=O)COc1ccc(NC(C)=O)cn1. The zero-order valence-corrected chi connectivity index (χ0v) is 11.2. The normalized spacial score (nSPS) is 9.79. The topological polar surface area (TPSA) is 80.3 Å². The van der Waals surface area contributed by atoms with Gasteiger partial charge in [0.15, 0.2) is 6.61 Å². The van der Waals surface area contributed by atoms with Gasteiger partial charge in [0.05, 0.1) is 11.9 Å². The van der Waals surface area contributed by atoms with Gasteiger partial charge in [0.25, 0.3) is 5.91 Å². The highest BCUT2D eigenvalue weighted by atomic mass is 16.5. The van der Waals surface area contributed by atoms with Crippen LogP contribution in [0.3, 0.4) is 0 Å². The minimum atomic E-state index is -0.166. The molecule has 1 aromatic rings. The first-order chi connectivity index (χ1) is 9.11. The Balaban J connectivity index is 2.33. The number of rotatable bonds is 7. The van der Waals surface area contributed by atoms with Gasteiger partial charge in [-0.2, -0.15) is 0 Å². The maximum Gasteiger partial charge on any atom is 0.258 e. The Morgan fingerprint density at radius 1 is 1.37 bits per heavy atom. The highest BCUT2D eigenvalue weighted by Crippen LogP contribution is 2.11. The van der Waals surface area contributed by atoms with Gasteiger partial charge in [-0.25, -0.2) is 4.98 Å². The summed E-state index contributed by atoms with van der Waals surface area (Å²) in [6.45, 7) is 4.08. The zero-order valence-electron chi connectivity index (χ0n) is 11.2. The van der Waals surface area contributed by atoms with E-state index >= 15 is 0 Å². The summed E-state index contributed by atoms with van der Waals surface area (Å²) in [6, 6.07) is 3.27. The second-order valence-electron chi connectivity index (χ2n) is 4.06. The second-order valence-corrected chi connectivity index (χ2v) is 4.06. The van der Waals surface area contributed by atoms with Crippen LogP contribution in [0.15, 0.2) is 18.3 Å². The van der Waals surface area contributed by atoms with E-state index in [4.69, 9.17) is 4.74 Å². The van der Waals surface area contributed by atoms with E-state index in [2.05, 4.69) is 22.5 Å². The van der Waals surface area contributed by atoms with E-state index in [1.807, 2.05) is 0 Å². The summed E-state index contributed by atoms with van der Waals surface area (Å²) in [7, 11) is 0. The molecule has 0 saturated heterocycles. The molecule has 1 heterocycles. The first kappa shape index (κ1) is 14.9. The van der Waals surface area contributed by atoms with Crippen LogP contribution in [-0.2, 0) is 9.59 Å². The minimum absolute atomic E-state index is 0.0593. The van der Waals surface area contributed by atoms with E-state index in [1.54, 1.807) is 12.1 Å². The molecule has 0 aliphatic carbocycles. The molecule has 19 heavy (non-hydrogen) atoms. The molecule has 2 amide bonds. The lowest BCUT2D eigenvalue weighted by Gasteiger charge is -2.07. The van der Waals surface area contributed by atoms with Crippen molar-refractivity contribution in [2.75, 3.05) is 18.5 Å². The summed E-state index contributed by atoms with van der Waals surface area (Å²) in [6.07, 6.45) is 3.47. The third-order valence-electron chi connectivity index (χ3n) is 2.26. The van der Waals surface area contributed by atoms with Gasteiger partial charge in [-0.05, 0) is 12.5 Å². The van der Waals surface area contributed by atoms with Gasteiger partial charge in [0.1, 0.15) is 0 Å². The molecule has 0 unspecified atom stereocenters. The van der Waals surface area contributed by atoms with Crippen LogP contribution >= 0.6 is 0 Å². The van der Waals surface area contributed by atoms with Crippen molar-refractivity contribution >= 4 is 17.5 Å². The van der Waals surface area contributed by atoms with Crippen LogP contribution in [0.4, 0.5) is 5.69 Å². The van der Waals surface area contributed by atoms with Crippen LogP contribution in [0.25, 0.3) is 0 Å². The highest BCUT2D eigenvalue weighted by Gasteiger charge is 2.03. The maximum atomic E-state index is 11.4. The van der Waals surface area contributed by atoms with Gasteiger partial charge in [-0.1, -0.05) is 13.3 Å². The Kier molecular flexibility index (Phi) is 6.35. The number of nitrogens with one attached hydrogen (secondary N) is 2. The lowest BCUT2D eigenvalue weighted by Crippen LogP contribution is -2.29. The number of anilines is 1. The van der Waals surface area contributed by atoms with Crippen molar-refractivity contribution in [3.05, 3.63) is 18.3 Å². The van der Waals surface area contributed by atoms with Crippen molar-refractivity contribution in [3.63, 3.8) is 0 Å². The number of carbonyl (C=O) groups is 2. The molecule has 0 radical (unpaired) electrons. The number of hydrogen-bond acceptors (Lipinski definition) is 4. The molecular formula is C13H19N3O3. The first-order valence-corrected chi connectivity index (χ1v) is 6.25. The molecule has 1 rings (SSSR count). The van der Waals surface area contributed by atoms with Crippen molar-refractivity contribution < 1.29 is 14.3 Å². The number of unbranched alkanes of at least 4 members (excludes halogenated alkanes) is 1. The molecule has 6 heteroatoms. The number of ether oxygens (including phenoxy) is 1. The van der Waals surface area contributed by atoms with Gasteiger partial charge in [-0.3, -0.25) is 9.59 Å². The molecule has 0 aromatic carbocycles. The van der Waals surface area contributed by atoms with Crippen molar-refractivity contribution in [2.24, 2.45) is 0 Å². The lowest BCUT2D eigenvalue weighted by atomic mass is 10.3. The fourth-order valence-corrected chi connectivity index (χ4v) is 1.34. The van der Waals surface area contributed by atoms with Crippen molar-refractivity contribution in [1.29, 1.82) is 0 Å². The zero-order chi connectivity index (χ0) is 14.1. The number of aromatic nitrogens is 1. The average Bonchev–Trinajstić information content (AvgIpc) is 2.37. The smallest absolute Gasteiger partial charge is 0.258 e. The van der Waals surface area contributed by atoms with Gasteiger partial charge >= 0.3 is 0 Å². The van der Waals surface area contributed by atoms with Crippen LogP contribution < -0.4 is 15.4 Å². The Morgan fingerprint density at radius 2 is 2.16 bits per heavy atom. The van der Waals surface area contributed by atoms with Crippen molar-refractivity contribution in [3.8, 4) is 5.88 Å². The third-order valence-corrected chi connectivity index (χ3v) is 2.26. The molecule has 104 valence electrons. The Bertz CT molecular complexity index is 418. The largest absolute Gasteiger partial charge is 0.468 e.